The van der Waals surface area contributed by atoms with Crippen LogP contribution in [0.3, 0.4) is 0 Å². The van der Waals surface area contributed by atoms with E-state index in [0.29, 0.717) is 19.6 Å². The second-order valence-electron chi connectivity index (χ2n) is 3.99. The molecule has 0 saturated carbocycles. The molecular formula is C13H24O5. The molecule has 0 aliphatic carbocycles. The number of rotatable bonds is 11. The molecule has 0 aromatic carbocycles. The van der Waals surface area contributed by atoms with Gasteiger partial charge in [0.05, 0.1) is 13.2 Å². The predicted octanol–water partition coefficient (Wildman–Crippen LogP) is 2.08. The van der Waals surface area contributed by atoms with Crippen LogP contribution in [0.5, 0.6) is 0 Å². The van der Waals surface area contributed by atoms with E-state index in [9.17, 15) is 9.59 Å². The molecule has 0 radical (unpaired) electrons. The van der Waals surface area contributed by atoms with E-state index in [0.717, 1.165) is 19.3 Å². The number of unbranched alkanes of at least 4 members (excludes halogenated alkanes) is 2. The Hall–Kier alpha value is -1.10. The summed E-state index contributed by atoms with van der Waals surface area (Å²) in [6.07, 6.45) is 4.06. The van der Waals surface area contributed by atoms with Gasteiger partial charge in [-0.15, -0.1) is 0 Å². The lowest BCUT2D eigenvalue weighted by Gasteiger charge is -2.05. The fraction of sp³-hybridized carbons (Fsp3) is 0.846. The van der Waals surface area contributed by atoms with Gasteiger partial charge in [0.1, 0.15) is 6.61 Å². The van der Waals surface area contributed by atoms with Crippen LogP contribution in [0.1, 0.15) is 45.4 Å². The largest absolute Gasteiger partial charge is 0.466 e. The van der Waals surface area contributed by atoms with Crippen molar-refractivity contribution in [3.8, 4) is 0 Å². The van der Waals surface area contributed by atoms with Crippen molar-refractivity contribution in [2.75, 3.05) is 26.9 Å². The van der Waals surface area contributed by atoms with E-state index in [1.54, 1.807) is 7.11 Å². The molecular weight excluding hydrogens is 236 g/mol. The fourth-order valence-electron chi connectivity index (χ4n) is 1.30. The maximum absolute atomic E-state index is 11.3. The summed E-state index contributed by atoms with van der Waals surface area (Å²) >= 11 is 0. The molecule has 0 atom stereocenters. The van der Waals surface area contributed by atoms with E-state index in [1.807, 2.05) is 0 Å². The van der Waals surface area contributed by atoms with Gasteiger partial charge in [0.2, 0.25) is 0 Å². The van der Waals surface area contributed by atoms with Crippen LogP contribution in [-0.2, 0) is 23.8 Å². The molecule has 0 unspecified atom stereocenters. The highest BCUT2D eigenvalue weighted by Gasteiger charge is 2.06. The standard InChI is InChI=1S/C13H24O5/c1-3-4-5-9-17-12(14)7-6-8-13(15)18-11-10-16-2/h3-11H2,1-2H3. The average molecular weight is 260 g/mol. The maximum Gasteiger partial charge on any atom is 0.305 e. The summed E-state index contributed by atoms with van der Waals surface area (Å²) in [6.45, 7) is 3.23. The van der Waals surface area contributed by atoms with Gasteiger partial charge in [-0.1, -0.05) is 19.8 Å². The third-order valence-electron chi connectivity index (χ3n) is 2.32. The molecule has 0 heterocycles. The Kier molecular flexibility index (Phi) is 11.6. The second kappa shape index (κ2) is 12.4. The van der Waals surface area contributed by atoms with Crippen LogP contribution in [0.15, 0.2) is 0 Å². The van der Waals surface area contributed by atoms with Crippen LogP contribution < -0.4 is 0 Å². The lowest BCUT2D eigenvalue weighted by Crippen LogP contribution is -2.11. The third kappa shape index (κ3) is 11.4. The van der Waals surface area contributed by atoms with Crippen molar-refractivity contribution in [1.29, 1.82) is 0 Å². The van der Waals surface area contributed by atoms with Crippen molar-refractivity contribution >= 4 is 11.9 Å². The van der Waals surface area contributed by atoms with Crippen LogP contribution in [0, 0.1) is 0 Å². The molecule has 5 heteroatoms. The average Bonchev–Trinajstić information content (AvgIpc) is 2.35. The number of hydrogen-bond donors (Lipinski definition) is 0. The quantitative estimate of drug-likeness (QED) is 0.420. The van der Waals surface area contributed by atoms with Crippen molar-refractivity contribution < 1.29 is 23.8 Å². The van der Waals surface area contributed by atoms with Crippen LogP contribution in [0.25, 0.3) is 0 Å². The zero-order chi connectivity index (χ0) is 13.6. The lowest BCUT2D eigenvalue weighted by atomic mass is 10.2. The summed E-state index contributed by atoms with van der Waals surface area (Å²) in [5.74, 6) is -0.540. The van der Waals surface area contributed by atoms with Gasteiger partial charge in [0.15, 0.2) is 0 Å². The summed E-state index contributed by atoms with van der Waals surface area (Å²) in [4.78, 5) is 22.4. The first-order chi connectivity index (χ1) is 8.70. The maximum atomic E-state index is 11.3. The molecule has 0 aromatic rings. The zero-order valence-corrected chi connectivity index (χ0v) is 11.4. The highest BCUT2D eigenvalue weighted by molar-refractivity contribution is 5.72. The first kappa shape index (κ1) is 16.9. The minimum absolute atomic E-state index is 0.240. The van der Waals surface area contributed by atoms with Gasteiger partial charge in [-0.3, -0.25) is 9.59 Å². The molecule has 0 aliphatic rings. The molecule has 5 nitrogen and oxygen atoms in total. The van der Waals surface area contributed by atoms with Gasteiger partial charge in [-0.05, 0) is 12.8 Å². The van der Waals surface area contributed by atoms with E-state index in [4.69, 9.17) is 14.2 Å². The van der Waals surface area contributed by atoms with Gasteiger partial charge in [-0.2, -0.15) is 0 Å². The first-order valence-electron chi connectivity index (χ1n) is 6.50. The number of carbonyl (C=O) groups excluding carboxylic acids is 2. The zero-order valence-electron chi connectivity index (χ0n) is 11.4. The molecule has 0 aromatic heterocycles. The molecule has 0 rings (SSSR count). The molecule has 0 amide bonds. The molecule has 0 aliphatic heterocycles. The smallest absolute Gasteiger partial charge is 0.305 e. The third-order valence-corrected chi connectivity index (χ3v) is 2.32. The summed E-state index contributed by atoms with van der Waals surface area (Å²) in [6, 6.07) is 0. The Balaban J connectivity index is 3.35. The van der Waals surface area contributed by atoms with Crippen LogP contribution >= 0.6 is 0 Å². The minimum atomic E-state index is -0.300. The highest BCUT2D eigenvalue weighted by atomic mass is 16.6. The number of methoxy groups -OCH3 is 1. The van der Waals surface area contributed by atoms with Crippen LogP contribution in [0.4, 0.5) is 0 Å². The SMILES string of the molecule is CCCCCOC(=O)CCCC(=O)OCCOC. The lowest BCUT2D eigenvalue weighted by molar-refractivity contribution is -0.146. The van der Waals surface area contributed by atoms with E-state index in [-0.39, 0.29) is 31.4 Å². The topological polar surface area (TPSA) is 61.8 Å². The Morgan fingerprint density at radius 1 is 0.833 bits per heavy atom. The number of hydrogen-bond acceptors (Lipinski definition) is 5. The molecule has 0 spiro atoms. The van der Waals surface area contributed by atoms with Crippen LogP contribution in [-0.4, -0.2) is 38.9 Å². The van der Waals surface area contributed by atoms with Gasteiger partial charge >= 0.3 is 11.9 Å². The molecule has 0 N–H and O–H groups in total. The molecule has 0 saturated heterocycles. The fourth-order valence-corrected chi connectivity index (χ4v) is 1.30. The first-order valence-corrected chi connectivity index (χ1v) is 6.50. The van der Waals surface area contributed by atoms with Crippen molar-refractivity contribution in [1.82, 2.24) is 0 Å². The predicted molar refractivity (Wildman–Crippen MR) is 67.2 cm³/mol. The Labute approximate surface area is 109 Å². The van der Waals surface area contributed by atoms with Gasteiger partial charge in [0.25, 0.3) is 0 Å². The normalized spacial score (nSPS) is 10.1. The van der Waals surface area contributed by atoms with E-state index < -0.39 is 0 Å². The summed E-state index contributed by atoms with van der Waals surface area (Å²) < 4.78 is 14.6. The van der Waals surface area contributed by atoms with E-state index in [2.05, 4.69) is 6.92 Å². The second-order valence-corrected chi connectivity index (χ2v) is 3.99. The number of carbonyl (C=O) groups is 2. The van der Waals surface area contributed by atoms with E-state index in [1.165, 1.54) is 0 Å². The highest BCUT2D eigenvalue weighted by Crippen LogP contribution is 2.01. The van der Waals surface area contributed by atoms with E-state index >= 15 is 0 Å². The van der Waals surface area contributed by atoms with Gasteiger partial charge in [0, 0.05) is 20.0 Å². The molecule has 106 valence electrons. The van der Waals surface area contributed by atoms with Crippen molar-refractivity contribution in [2.45, 2.75) is 45.4 Å². The van der Waals surface area contributed by atoms with Crippen molar-refractivity contribution in [2.24, 2.45) is 0 Å². The monoisotopic (exact) mass is 260 g/mol. The molecule has 0 bridgehead atoms. The summed E-state index contributed by atoms with van der Waals surface area (Å²) in [7, 11) is 1.54. The molecule has 18 heavy (non-hydrogen) atoms. The number of esters is 2. The Morgan fingerprint density at radius 2 is 1.44 bits per heavy atom. The number of ether oxygens (including phenoxy) is 3. The van der Waals surface area contributed by atoms with Gasteiger partial charge in [-0.25, -0.2) is 0 Å². The molecule has 0 fully saturated rings. The van der Waals surface area contributed by atoms with Gasteiger partial charge < -0.3 is 14.2 Å². The van der Waals surface area contributed by atoms with Crippen LogP contribution in [0.2, 0.25) is 0 Å². The summed E-state index contributed by atoms with van der Waals surface area (Å²) in [5, 5.41) is 0. The van der Waals surface area contributed by atoms with Crippen molar-refractivity contribution in [3.05, 3.63) is 0 Å². The minimum Gasteiger partial charge on any atom is -0.466 e. The Morgan fingerprint density at radius 3 is 2.00 bits per heavy atom. The summed E-state index contributed by atoms with van der Waals surface area (Å²) in [5.41, 5.74) is 0. The Bertz CT molecular complexity index is 227. The van der Waals surface area contributed by atoms with Crippen molar-refractivity contribution in [3.63, 3.8) is 0 Å².